The first kappa shape index (κ1) is 20.2. The molecule has 0 heterocycles. The van der Waals surface area contributed by atoms with Gasteiger partial charge in [0.15, 0.2) is 0 Å². The Kier molecular flexibility index (Phi) is 8.00. The molecule has 2 N–H and O–H groups in total. The topological polar surface area (TPSA) is 87.7 Å². The highest BCUT2D eigenvalue weighted by atomic mass is 32.2. The lowest BCUT2D eigenvalue weighted by molar-refractivity contribution is -0.123. The van der Waals surface area contributed by atoms with Crippen LogP contribution in [0.5, 0.6) is 5.75 Å². The number of sulfonamides is 1. The molecule has 0 aromatic heterocycles. The van der Waals surface area contributed by atoms with E-state index in [0.29, 0.717) is 18.0 Å². The summed E-state index contributed by atoms with van der Waals surface area (Å²) in [5, 5.41) is 2.76. The number of nitrogens with zero attached hydrogens (tertiary/aromatic N) is 1. The van der Waals surface area contributed by atoms with Crippen molar-refractivity contribution >= 4 is 21.6 Å². The van der Waals surface area contributed by atoms with Gasteiger partial charge in [0.25, 0.3) is 0 Å². The molecule has 1 unspecified atom stereocenters. The molecule has 1 aromatic carbocycles. The molecule has 7 nitrogen and oxygen atoms in total. The Bertz CT molecular complexity index is 632. The van der Waals surface area contributed by atoms with Crippen LogP contribution < -0.4 is 14.8 Å². The van der Waals surface area contributed by atoms with Crippen molar-refractivity contribution in [2.24, 2.45) is 5.92 Å². The number of hydrogen-bond acceptors (Lipinski definition) is 5. The van der Waals surface area contributed by atoms with Crippen molar-refractivity contribution in [2.75, 3.05) is 44.8 Å². The molecule has 8 heteroatoms. The number of carbonyl (C=O) groups is 1. The van der Waals surface area contributed by atoms with E-state index >= 15 is 0 Å². The van der Waals surface area contributed by atoms with Crippen LogP contribution >= 0.6 is 0 Å². The predicted molar refractivity (Wildman–Crippen MR) is 95.7 cm³/mol. The fraction of sp³-hybridized carbons (Fsp3) is 0.562. The van der Waals surface area contributed by atoms with Crippen LogP contribution in [0.3, 0.4) is 0 Å². The number of ether oxygens (including phenoxy) is 1. The van der Waals surface area contributed by atoms with E-state index in [-0.39, 0.29) is 11.7 Å². The molecule has 1 amide bonds. The van der Waals surface area contributed by atoms with E-state index in [1.807, 2.05) is 19.0 Å². The molecular weight excluding hydrogens is 330 g/mol. The van der Waals surface area contributed by atoms with Gasteiger partial charge >= 0.3 is 0 Å². The fourth-order valence-corrected chi connectivity index (χ4v) is 3.47. The minimum Gasteiger partial charge on any atom is -0.497 e. The Labute approximate surface area is 144 Å². The highest BCUT2D eigenvalue weighted by Gasteiger charge is 2.21. The number of nitrogens with one attached hydrogen (secondary N) is 2. The second-order valence-electron chi connectivity index (χ2n) is 5.96. The molecule has 0 fully saturated rings. The van der Waals surface area contributed by atoms with E-state index in [1.54, 1.807) is 31.2 Å². The Morgan fingerprint density at radius 1 is 1.33 bits per heavy atom. The summed E-state index contributed by atoms with van der Waals surface area (Å²) >= 11 is 0. The first-order valence-electron chi connectivity index (χ1n) is 7.80. The SMILES string of the molecule is COc1cccc(NS(=O)(=O)CC(C)C(=O)NCCCN(C)C)c1. The summed E-state index contributed by atoms with van der Waals surface area (Å²) in [6, 6.07) is 6.63. The maximum Gasteiger partial charge on any atom is 0.233 e. The molecule has 0 aliphatic heterocycles. The molecule has 0 radical (unpaired) electrons. The molecule has 1 rings (SSSR count). The quantitative estimate of drug-likeness (QED) is 0.613. The Hall–Kier alpha value is -1.80. The average Bonchev–Trinajstić information content (AvgIpc) is 2.50. The van der Waals surface area contributed by atoms with E-state index in [1.165, 1.54) is 7.11 Å². The monoisotopic (exact) mass is 357 g/mol. The zero-order chi connectivity index (χ0) is 18.2. The summed E-state index contributed by atoms with van der Waals surface area (Å²) in [5.74, 6) is -0.608. The Morgan fingerprint density at radius 2 is 2.04 bits per heavy atom. The standard InChI is InChI=1S/C16H27N3O4S/c1-13(16(20)17-9-6-10-19(2)3)12-24(21,22)18-14-7-5-8-15(11-14)23-4/h5,7-8,11,13,18H,6,9-10,12H2,1-4H3,(H,17,20). The van der Waals surface area contributed by atoms with Crippen LogP contribution in [0.1, 0.15) is 13.3 Å². The number of rotatable bonds is 10. The lowest BCUT2D eigenvalue weighted by atomic mass is 10.2. The van der Waals surface area contributed by atoms with Gasteiger partial charge in [0.05, 0.1) is 24.5 Å². The molecule has 1 aromatic rings. The zero-order valence-electron chi connectivity index (χ0n) is 14.7. The van der Waals surface area contributed by atoms with E-state index in [2.05, 4.69) is 10.0 Å². The van der Waals surface area contributed by atoms with Gasteiger partial charge in [-0.25, -0.2) is 8.42 Å². The normalized spacial score (nSPS) is 12.7. The smallest absolute Gasteiger partial charge is 0.233 e. The number of methoxy groups -OCH3 is 1. The second-order valence-corrected chi connectivity index (χ2v) is 7.73. The first-order chi connectivity index (χ1) is 11.2. The third-order valence-corrected chi connectivity index (χ3v) is 4.83. The molecule has 1 atom stereocenters. The lowest BCUT2D eigenvalue weighted by Crippen LogP contribution is -2.35. The summed E-state index contributed by atoms with van der Waals surface area (Å²) in [6.45, 7) is 3.00. The maximum atomic E-state index is 12.2. The summed E-state index contributed by atoms with van der Waals surface area (Å²) in [7, 11) is 1.81. The summed E-state index contributed by atoms with van der Waals surface area (Å²) < 4.78 is 31.9. The van der Waals surface area contributed by atoms with Gasteiger partial charge in [0.1, 0.15) is 5.75 Å². The van der Waals surface area contributed by atoms with Gasteiger partial charge in [-0.1, -0.05) is 13.0 Å². The van der Waals surface area contributed by atoms with Gasteiger partial charge in [0.2, 0.25) is 15.9 Å². The number of amides is 1. The van der Waals surface area contributed by atoms with Crippen LogP contribution in [-0.2, 0) is 14.8 Å². The fourth-order valence-electron chi connectivity index (χ4n) is 2.09. The van der Waals surface area contributed by atoms with Gasteiger partial charge in [-0.15, -0.1) is 0 Å². The molecule has 0 aliphatic carbocycles. The van der Waals surface area contributed by atoms with Crippen molar-refractivity contribution in [3.8, 4) is 5.75 Å². The Morgan fingerprint density at radius 3 is 2.67 bits per heavy atom. The van der Waals surface area contributed by atoms with Gasteiger partial charge in [-0.2, -0.15) is 0 Å². The Balaban J connectivity index is 2.51. The predicted octanol–water partition coefficient (Wildman–Crippen LogP) is 1.14. The summed E-state index contributed by atoms with van der Waals surface area (Å²) in [5.41, 5.74) is 0.410. The van der Waals surface area contributed by atoms with Crippen LogP contribution in [0.2, 0.25) is 0 Å². The number of anilines is 1. The van der Waals surface area contributed by atoms with E-state index < -0.39 is 15.9 Å². The highest BCUT2D eigenvalue weighted by Crippen LogP contribution is 2.18. The molecule has 0 bridgehead atoms. The number of hydrogen-bond donors (Lipinski definition) is 2. The van der Waals surface area contributed by atoms with Crippen molar-refractivity contribution in [1.29, 1.82) is 0 Å². The zero-order valence-corrected chi connectivity index (χ0v) is 15.5. The molecule has 24 heavy (non-hydrogen) atoms. The van der Waals surface area contributed by atoms with E-state index in [9.17, 15) is 13.2 Å². The molecule has 136 valence electrons. The van der Waals surface area contributed by atoms with E-state index in [0.717, 1.165) is 13.0 Å². The summed E-state index contributed by atoms with van der Waals surface area (Å²) in [4.78, 5) is 14.0. The van der Waals surface area contributed by atoms with Gasteiger partial charge in [-0.05, 0) is 39.2 Å². The molecule has 0 spiro atoms. The molecule has 0 aliphatic rings. The minimum absolute atomic E-state index is 0.259. The van der Waals surface area contributed by atoms with Crippen molar-refractivity contribution in [1.82, 2.24) is 10.2 Å². The second kappa shape index (κ2) is 9.48. The average molecular weight is 357 g/mol. The number of carbonyl (C=O) groups excluding carboxylic acids is 1. The third-order valence-electron chi connectivity index (χ3n) is 3.34. The maximum absolute atomic E-state index is 12.2. The van der Waals surface area contributed by atoms with Crippen molar-refractivity contribution in [2.45, 2.75) is 13.3 Å². The third kappa shape index (κ3) is 7.65. The van der Waals surface area contributed by atoms with E-state index in [4.69, 9.17) is 4.74 Å². The van der Waals surface area contributed by atoms with Crippen LogP contribution in [0.25, 0.3) is 0 Å². The van der Waals surface area contributed by atoms with Crippen LogP contribution in [0.15, 0.2) is 24.3 Å². The first-order valence-corrected chi connectivity index (χ1v) is 9.45. The largest absolute Gasteiger partial charge is 0.497 e. The molecule has 0 saturated heterocycles. The van der Waals surface area contributed by atoms with Crippen LogP contribution in [0.4, 0.5) is 5.69 Å². The molecule has 0 saturated carbocycles. The lowest BCUT2D eigenvalue weighted by Gasteiger charge is -2.15. The summed E-state index contributed by atoms with van der Waals surface area (Å²) in [6.07, 6.45) is 0.820. The van der Waals surface area contributed by atoms with Crippen molar-refractivity contribution < 1.29 is 17.9 Å². The number of benzene rings is 1. The molecular formula is C16H27N3O4S. The van der Waals surface area contributed by atoms with Gasteiger partial charge < -0.3 is 15.0 Å². The van der Waals surface area contributed by atoms with Crippen molar-refractivity contribution in [3.63, 3.8) is 0 Å². The minimum atomic E-state index is -3.62. The van der Waals surface area contributed by atoms with Gasteiger partial charge in [-0.3, -0.25) is 9.52 Å². The van der Waals surface area contributed by atoms with Gasteiger partial charge in [0, 0.05) is 12.6 Å². The van der Waals surface area contributed by atoms with Crippen LogP contribution in [0, 0.1) is 5.92 Å². The van der Waals surface area contributed by atoms with Crippen molar-refractivity contribution in [3.05, 3.63) is 24.3 Å². The van der Waals surface area contributed by atoms with Crippen LogP contribution in [-0.4, -0.2) is 59.3 Å². The highest BCUT2D eigenvalue weighted by molar-refractivity contribution is 7.92.